The molecule has 0 radical (unpaired) electrons. The van der Waals surface area contributed by atoms with Crippen LogP contribution in [0.4, 0.5) is 8.78 Å². The Bertz CT molecular complexity index is 535. The van der Waals surface area contributed by atoms with E-state index in [0.717, 1.165) is 25.3 Å². The molecule has 3 atom stereocenters. The molecule has 0 aromatic heterocycles. The number of carbonyl (C=O) groups excluding carboxylic acids is 1. The minimum absolute atomic E-state index is 0.0204. The van der Waals surface area contributed by atoms with Crippen LogP contribution in [0.5, 0.6) is 0 Å². The molecule has 0 N–H and O–H groups in total. The van der Waals surface area contributed by atoms with E-state index in [2.05, 4.69) is 0 Å². The molecular weight excluding hydrogens is 248 g/mol. The predicted molar refractivity (Wildman–Crippen MR) is 66.2 cm³/mol. The molecule has 1 aliphatic carbocycles. The molecular formula is C15H15F2NO. The van der Waals surface area contributed by atoms with Gasteiger partial charge in [-0.1, -0.05) is 19.4 Å². The number of hydrogen-bond donors (Lipinski definition) is 0. The van der Waals surface area contributed by atoms with Crippen LogP contribution >= 0.6 is 0 Å². The minimum Gasteiger partial charge on any atom is -0.298 e. The Morgan fingerprint density at radius 2 is 2.16 bits per heavy atom. The molecule has 1 fully saturated rings. The maximum atomic E-state index is 13.7. The van der Waals surface area contributed by atoms with Gasteiger partial charge in [-0.2, -0.15) is 5.26 Å². The van der Waals surface area contributed by atoms with E-state index in [4.69, 9.17) is 5.26 Å². The highest BCUT2D eigenvalue weighted by Crippen LogP contribution is 2.36. The largest absolute Gasteiger partial charge is 0.298 e. The second-order valence-corrected chi connectivity index (χ2v) is 5.14. The van der Waals surface area contributed by atoms with Crippen molar-refractivity contribution in [2.75, 3.05) is 0 Å². The van der Waals surface area contributed by atoms with Crippen LogP contribution in [0.25, 0.3) is 0 Å². The fraction of sp³-hybridized carbons (Fsp3) is 0.467. The molecule has 1 aliphatic rings. The third-order valence-corrected chi connectivity index (χ3v) is 3.91. The topological polar surface area (TPSA) is 40.9 Å². The van der Waals surface area contributed by atoms with Crippen molar-refractivity contribution in [3.8, 4) is 6.07 Å². The summed E-state index contributed by atoms with van der Waals surface area (Å²) in [4.78, 5) is 12.3. The zero-order valence-corrected chi connectivity index (χ0v) is 10.7. The minimum atomic E-state index is -1.13. The second-order valence-electron chi connectivity index (χ2n) is 5.14. The van der Waals surface area contributed by atoms with Crippen molar-refractivity contribution in [3.63, 3.8) is 0 Å². The summed E-state index contributed by atoms with van der Waals surface area (Å²) in [7, 11) is 0. The monoisotopic (exact) mass is 263 g/mol. The number of nitriles is 1. The van der Waals surface area contributed by atoms with Crippen LogP contribution in [0.3, 0.4) is 0 Å². The van der Waals surface area contributed by atoms with Crippen molar-refractivity contribution >= 4 is 5.78 Å². The van der Waals surface area contributed by atoms with E-state index in [1.165, 1.54) is 6.07 Å². The molecule has 2 rings (SSSR count). The molecule has 2 nitrogen and oxygen atoms in total. The van der Waals surface area contributed by atoms with Crippen molar-refractivity contribution in [2.24, 2.45) is 11.8 Å². The van der Waals surface area contributed by atoms with Crippen LogP contribution < -0.4 is 0 Å². The van der Waals surface area contributed by atoms with Gasteiger partial charge >= 0.3 is 0 Å². The Morgan fingerprint density at radius 3 is 2.68 bits per heavy atom. The van der Waals surface area contributed by atoms with E-state index in [9.17, 15) is 13.6 Å². The molecule has 4 heteroatoms. The number of ketones is 1. The summed E-state index contributed by atoms with van der Waals surface area (Å²) in [5.74, 6) is -2.87. The smallest absolute Gasteiger partial charge is 0.157 e. The van der Waals surface area contributed by atoms with E-state index >= 15 is 0 Å². The molecule has 19 heavy (non-hydrogen) atoms. The van der Waals surface area contributed by atoms with Crippen LogP contribution in [0.1, 0.15) is 37.7 Å². The van der Waals surface area contributed by atoms with Crippen molar-refractivity contribution in [1.82, 2.24) is 0 Å². The third-order valence-electron chi connectivity index (χ3n) is 3.91. The summed E-state index contributed by atoms with van der Waals surface area (Å²) in [6.07, 6.45) is 2.67. The molecule has 0 bridgehead atoms. The van der Waals surface area contributed by atoms with Crippen LogP contribution in [-0.2, 0) is 4.79 Å². The van der Waals surface area contributed by atoms with E-state index in [1.54, 1.807) is 0 Å². The van der Waals surface area contributed by atoms with E-state index in [-0.39, 0.29) is 23.2 Å². The molecule has 1 aromatic rings. The highest BCUT2D eigenvalue weighted by atomic mass is 19.1. The molecule has 0 heterocycles. The first-order valence-corrected chi connectivity index (χ1v) is 6.43. The van der Waals surface area contributed by atoms with Gasteiger partial charge in [0.25, 0.3) is 0 Å². The fourth-order valence-electron chi connectivity index (χ4n) is 2.80. The summed E-state index contributed by atoms with van der Waals surface area (Å²) >= 11 is 0. The molecule has 1 saturated carbocycles. The Hall–Kier alpha value is -1.76. The number of hydrogen-bond acceptors (Lipinski definition) is 2. The average molecular weight is 263 g/mol. The van der Waals surface area contributed by atoms with Gasteiger partial charge in [0, 0.05) is 17.5 Å². The lowest BCUT2D eigenvalue weighted by atomic mass is 9.83. The van der Waals surface area contributed by atoms with Gasteiger partial charge in [-0.25, -0.2) is 8.78 Å². The molecule has 100 valence electrons. The van der Waals surface area contributed by atoms with Crippen LogP contribution in [0, 0.1) is 34.8 Å². The van der Waals surface area contributed by atoms with Crippen LogP contribution in [-0.4, -0.2) is 5.78 Å². The first-order valence-electron chi connectivity index (χ1n) is 6.43. The van der Waals surface area contributed by atoms with Crippen LogP contribution in [0.15, 0.2) is 18.2 Å². The van der Waals surface area contributed by atoms with Gasteiger partial charge in [-0.05, 0) is 24.8 Å². The molecule has 3 unspecified atom stereocenters. The van der Waals surface area contributed by atoms with Crippen LogP contribution in [0.2, 0.25) is 0 Å². The maximum Gasteiger partial charge on any atom is 0.157 e. The van der Waals surface area contributed by atoms with E-state index in [1.807, 2.05) is 13.0 Å². The summed E-state index contributed by atoms with van der Waals surface area (Å²) in [6.45, 7) is 1.98. The molecule has 0 aliphatic heterocycles. The first-order chi connectivity index (χ1) is 9.04. The molecule has 0 saturated heterocycles. The van der Waals surface area contributed by atoms with Crippen molar-refractivity contribution in [2.45, 2.75) is 32.1 Å². The fourth-order valence-corrected chi connectivity index (χ4v) is 2.80. The quantitative estimate of drug-likeness (QED) is 0.836. The normalized spacial score (nSPS) is 23.9. The molecule has 0 spiro atoms. The van der Waals surface area contributed by atoms with Gasteiger partial charge < -0.3 is 0 Å². The summed E-state index contributed by atoms with van der Waals surface area (Å²) < 4.78 is 26.6. The Kier molecular flexibility index (Phi) is 3.94. The third kappa shape index (κ3) is 2.65. The average Bonchev–Trinajstić information content (AvgIpc) is 2.78. The van der Waals surface area contributed by atoms with Gasteiger partial charge in [-0.15, -0.1) is 0 Å². The standard InChI is InChI=1S/C15H15F2NO/c1-9-3-2-4-11(9)15(19)13(8-18)12-6-5-10(16)7-14(12)17/h5-7,9,11,13H,2-4H2,1H3. The molecule has 1 aromatic carbocycles. The maximum absolute atomic E-state index is 13.7. The van der Waals surface area contributed by atoms with Gasteiger partial charge in [-0.3, -0.25) is 4.79 Å². The number of halogens is 2. The Labute approximate surface area is 111 Å². The highest BCUT2D eigenvalue weighted by Gasteiger charge is 2.35. The zero-order valence-electron chi connectivity index (χ0n) is 10.7. The van der Waals surface area contributed by atoms with Crippen molar-refractivity contribution in [3.05, 3.63) is 35.4 Å². The number of Topliss-reactive ketones (excluding diaryl/α,β-unsaturated/α-hetero) is 1. The second kappa shape index (κ2) is 5.48. The number of nitrogens with zero attached hydrogens (tertiary/aromatic N) is 1. The zero-order chi connectivity index (χ0) is 14.0. The number of rotatable bonds is 3. The van der Waals surface area contributed by atoms with E-state index in [0.29, 0.717) is 6.07 Å². The predicted octanol–water partition coefficient (Wildman–Crippen LogP) is 3.58. The SMILES string of the molecule is CC1CCCC1C(=O)C(C#N)c1ccc(F)cc1F. The van der Waals surface area contributed by atoms with Gasteiger partial charge in [0.2, 0.25) is 0 Å². The molecule has 0 amide bonds. The van der Waals surface area contributed by atoms with Gasteiger partial charge in [0.1, 0.15) is 17.6 Å². The van der Waals surface area contributed by atoms with Gasteiger partial charge in [0.05, 0.1) is 6.07 Å². The lowest BCUT2D eigenvalue weighted by Crippen LogP contribution is -2.24. The van der Waals surface area contributed by atoms with Gasteiger partial charge in [0.15, 0.2) is 5.78 Å². The number of benzene rings is 1. The lowest BCUT2D eigenvalue weighted by Gasteiger charge is -2.18. The summed E-state index contributed by atoms with van der Waals surface area (Å²) in [5.41, 5.74) is -0.0204. The van der Waals surface area contributed by atoms with Crippen molar-refractivity contribution < 1.29 is 13.6 Å². The van der Waals surface area contributed by atoms with E-state index < -0.39 is 17.6 Å². The highest BCUT2D eigenvalue weighted by molar-refractivity contribution is 5.90. The first kappa shape index (κ1) is 13.7. The number of carbonyl (C=O) groups is 1. The Balaban J connectivity index is 2.29. The summed E-state index contributed by atoms with van der Waals surface area (Å²) in [5, 5.41) is 9.16. The Morgan fingerprint density at radius 1 is 1.42 bits per heavy atom. The summed E-state index contributed by atoms with van der Waals surface area (Å²) in [6, 6.07) is 4.85. The van der Waals surface area contributed by atoms with Crippen molar-refractivity contribution in [1.29, 1.82) is 5.26 Å². The lowest BCUT2D eigenvalue weighted by molar-refractivity contribution is -0.124.